The summed E-state index contributed by atoms with van der Waals surface area (Å²) in [5.41, 5.74) is 2.03. The Kier molecular flexibility index (Phi) is 3.72. The van der Waals surface area contributed by atoms with Crippen LogP contribution in [0.15, 0.2) is 42.5 Å². The molecular weight excluding hydrogens is 232 g/mol. The van der Waals surface area contributed by atoms with E-state index in [9.17, 15) is 8.78 Å². The van der Waals surface area contributed by atoms with Crippen molar-refractivity contribution in [2.24, 2.45) is 0 Å². The second-order valence-electron chi connectivity index (χ2n) is 4.50. The molecule has 0 amide bonds. The maximum atomic E-state index is 13.8. The van der Waals surface area contributed by atoms with E-state index >= 15 is 0 Å². The monoisotopic (exact) mass is 247 g/mol. The molecule has 0 aliphatic rings. The van der Waals surface area contributed by atoms with Crippen molar-refractivity contribution >= 4 is 0 Å². The van der Waals surface area contributed by atoms with E-state index in [-0.39, 0.29) is 0 Å². The van der Waals surface area contributed by atoms with Gasteiger partial charge in [0.05, 0.1) is 0 Å². The average Bonchev–Trinajstić information content (AvgIpc) is 2.33. The van der Waals surface area contributed by atoms with E-state index in [0.29, 0.717) is 12.1 Å². The molecule has 0 fully saturated rings. The van der Waals surface area contributed by atoms with Gasteiger partial charge in [-0.1, -0.05) is 36.4 Å². The van der Waals surface area contributed by atoms with Crippen LogP contribution in [0.2, 0.25) is 0 Å². The van der Waals surface area contributed by atoms with Gasteiger partial charge in [0.25, 0.3) is 0 Å². The van der Waals surface area contributed by atoms with Crippen LogP contribution in [0.5, 0.6) is 0 Å². The summed E-state index contributed by atoms with van der Waals surface area (Å²) in [5, 5.41) is 0. The van der Waals surface area contributed by atoms with Crippen molar-refractivity contribution in [2.45, 2.75) is 6.54 Å². The molecule has 0 spiro atoms. The van der Waals surface area contributed by atoms with Gasteiger partial charge in [-0.05, 0) is 31.3 Å². The number of rotatable bonds is 3. The predicted molar refractivity (Wildman–Crippen MR) is 69.2 cm³/mol. The normalized spacial score (nSPS) is 10.9. The summed E-state index contributed by atoms with van der Waals surface area (Å²) >= 11 is 0. The lowest BCUT2D eigenvalue weighted by Gasteiger charge is -2.14. The van der Waals surface area contributed by atoms with Gasteiger partial charge in [0.1, 0.15) is 0 Å². The number of hydrogen-bond donors (Lipinski definition) is 0. The lowest BCUT2D eigenvalue weighted by atomic mass is 9.99. The number of benzene rings is 2. The van der Waals surface area contributed by atoms with E-state index in [1.165, 1.54) is 6.07 Å². The van der Waals surface area contributed by atoms with Crippen LogP contribution in [0.3, 0.4) is 0 Å². The predicted octanol–water partition coefficient (Wildman–Crippen LogP) is 3.69. The quantitative estimate of drug-likeness (QED) is 0.799. The smallest absolute Gasteiger partial charge is 0.166 e. The summed E-state index contributed by atoms with van der Waals surface area (Å²) in [6, 6.07) is 11.7. The largest absolute Gasteiger partial charge is 0.305 e. The summed E-state index contributed by atoms with van der Waals surface area (Å²) in [6.07, 6.45) is 0. The van der Waals surface area contributed by atoms with Gasteiger partial charge in [-0.15, -0.1) is 0 Å². The molecule has 2 aromatic carbocycles. The second kappa shape index (κ2) is 5.27. The highest BCUT2D eigenvalue weighted by Gasteiger charge is 2.12. The maximum Gasteiger partial charge on any atom is 0.166 e. The summed E-state index contributed by atoms with van der Waals surface area (Å²) in [4.78, 5) is 2.00. The van der Waals surface area contributed by atoms with Crippen molar-refractivity contribution in [3.63, 3.8) is 0 Å². The third-order valence-electron chi connectivity index (χ3n) is 2.75. The van der Waals surface area contributed by atoms with Gasteiger partial charge in [0, 0.05) is 12.1 Å². The van der Waals surface area contributed by atoms with E-state index in [2.05, 4.69) is 0 Å². The Bertz CT molecular complexity index is 550. The zero-order valence-electron chi connectivity index (χ0n) is 10.5. The SMILES string of the molecule is CN(C)Cc1ccccc1-c1cccc(F)c1F. The molecule has 18 heavy (non-hydrogen) atoms. The lowest BCUT2D eigenvalue weighted by Crippen LogP contribution is -2.11. The van der Waals surface area contributed by atoms with Gasteiger partial charge in [-0.25, -0.2) is 8.78 Å². The van der Waals surface area contributed by atoms with Crippen LogP contribution < -0.4 is 0 Å². The first kappa shape index (κ1) is 12.7. The van der Waals surface area contributed by atoms with Crippen LogP contribution in [-0.2, 0) is 6.54 Å². The number of hydrogen-bond acceptors (Lipinski definition) is 1. The fraction of sp³-hybridized carbons (Fsp3) is 0.200. The fourth-order valence-corrected chi connectivity index (χ4v) is 1.97. The van der Waals surface area contributed by atoms with E-state index in [4.69, 9.17) is 0 Å². The standard InChI is InChI=1S/C15H15F2N/c1-18(2)10-11-6-3-4-7-12(11)13-8-5-9-14(16)15(13)17/h3-9H,10H2,1-2H3. The van der Waals surface area contributed by atoms with Crippen LogP contribution >= 0.6 is 0 Å². The first-order valence-corrected chi connectivity index (χ1v) is 5.76. The molecule has 0 radical (unpaired) electrons. The lowest BCUT2D eigenvalue weighted by molar-refractivity contribution is 0.403. The third-order valence-corrected chi connectivity index (χ3v) is 2.75. The van der Waals surface area contributed by atoms with Crippen molar-refractivity contribution in [2.75, 3.05) is 14.1 Å². The molecule has 0 N–H and O–H groups in total. The highest BCUT2D eigenvalue weighted by Crippen LogP contribution is 2.28. The van der Waals surface area contributed by atoms with Gasteiger partial charge in [0.15, 0.2) is 11.6 Å². The molecule has 0 bridgehead atoms. The molecule has 94 valence electrons. The summed E-state index contributed by atoms with van der Waals surface area (Å²) < 4.78 is 27.1. The van der Waals surface area contributed by atoms with E-state index in [0.717, 1.165) is 17.2 Å². The summed E-state index contributed by atoms with van der Waals surface area (Å²) in [5.74, 6) is -1.60. The maximum absolute atomic E-state index is 13.8. The summed E-state index contributed by atoms with van der Waals surface area (Å²) in [7, 11) is 3.89. The Labute approximate surface area is 106 Å². The van der Waals surface area contributed by atoms with Gasteiger partial charge >= 0.3 is 0 Å². The van der Waals surface area contributed by atoms with Crippen LogP contribution in [0, 0.1) is 11.6 Å². The van der Waals surface area contributed by atoms with Crippen LogP contribution in [0.25, 0.3) is 11.1 Å². The number of halogens is 2. The molecule has 0 heterocycles. The Morgan fingerprint density at radius 1 is 0.889 bits per heavy atom. The highest BCUT2D eigenvalue weighted by molar-refractivity contribution is 5.68. The van der Waals surface area contributed by atoms with Gasteiger partial charge < -0.3 is 4.90 Å². The summed E-state index contributed by atoms with van der Waals surface area (Å²) in [6.45, 7) is 0.687. The third kappa shape index (κ3) is 2.57. The Morgan fingerprint density at radius 3 is 2.28 bits per heavy atom. The van der Waals surface area contributed by atoms with Crippen molar-refractivity contribution < 1.29 is 8.78 Å². The molecule has 0 aliphatic carbocycles. The molecule has 0 saturated carbocycles. The van der Waals surface area contributed by atoms with E-state index in [1.54, 1.807) is 6.07 Å². The van der Waals surface area contributed by atoms with Crippen molar-refractivity contribution in [1.82, 2.24) is 4.90 Å². The zero-order valence-corrected chi connectivity index (χ0v) is 10.5. The molecule has 0 atom stereocenters. The van der Waals surface area contributed by atoms with Crippen molar-refractivity contribution in [3.05, 3.63) is 59.7 Å². The van der Waals surface area contributed by atoms with Crippen molar-refractivity contribution in [1.29, 1.82) is 0 Å². The molecule has 0 aromatic heterocycles. The van der Waals surface area contributed by atoms with E-state index < -0.39 is 11.6 Å². The molecule has 2 rings (SSSR count). The topological polar surface area (TPSA) is 3.24 Å². The second-order valence-corrected chi connectivity index (χ2v) is 4.50. The first-order chi connectivity index (χ1) is 8.59. The van der Waals surface area contributed by atoms with Crippen LogP contribution in [0.4, 0.5) is 8.78 Å². The van der Waals surface area contributed by atoms with Crippen LogP contribution in [0.1, 0.15) is 5.56 Å². The minimum absolute atomic E-state index is 0.312. The molecule has 0 saturated heterocycles. The molecule has 3 heteroatoms. The minimum Gasteiger partial charge on any atom is -0.305 e. The molecular formula is C15H15F2N. The Morgan fingerprint density at radius 2 is 1.56 bits per heavy atom. The van der Waals surface area contributed by atoms with Gasteiger partial charge in [0.2, 0.25) is 0 Å². The van der Waals surface area contributed by atoms with Gasteiger partial charge in [-0.2, -0.15) is 0 Å². The first-order valence-electron chi connectivity index (χ1n) is 5.76. The molecule has 0 unspecified atom stereocenters. The van der Waals surface area contributed by atoms with Crippen molar-refractivity contribution in [3.8, 4) is 11.1 Å². The minimum atomic E-state index is -0.813. The van der Waals surface area contributed by atoms with Gasteiger partial charge in [-0.3, -0.25) is 0 Å². The van der Waals surface area contributed by atoms with E-state index in [1.807, 2.05) is 43.3 Å². The van der Waals surface area contributed by atoms with Crippen LogP contribution in [-0.4, -0.2) is 19.0 Å². The highest BCUT2D eigenvalue weighted by atomic mass is 19.2. The Balaban J connectivity index is 2.53. The zero-order chi connectivity index (χ0) is 13.1. The fourth-order valence-electron chi connectivity index (χ4n) is 1.97. The molecule has 1 nitrogen and oxygen atoms in total. The average molecular weight is 247 g/mol. The molecule has 0 aliphatic heterocycles. The number of nitrogens with zero attached hydrogens (tertiary/aromatic N) is 1. The molecule has 2 aromatic rings. The Hall–Kier alpha value is -1.74.